The van der Waals surface area contributed by atoms with Gasteiger partial charge in [0.2, 0.25) is 0 Å². The number of fused-ring (bicyclic) bond motifs is 1. The number of piperidine rings is 1. The highest BCUT2D eigenvalue weighted by Crippen LogP contribution is 2.44. The summed E-state index contributed by atoms with van der Waals surface area (Å²) in [6.45, 7) is 1.13. The summed E-state index contributed by atoms with van der Waals surface area (Å²) in [6, 6.07) is 14.9. The Bertz CT molecular complexity index is 1320. The average molecular weight is 493 g/mol. The lowest BCUT2D eigenvalue weighted by Crippen LogP contribution is -2.38. The highest BCUT2D eigenvalue weighted by molar-refractivity contribution is 7.09. The van der Waals surface area contributed by atoms with Crippen molar-refractivity contribution < 1.29 is 9.90 Å². The van der Waals surface area contributed by atoms with Gasteiger partial charge in [-0.2, -0.15) is 0 Å². The van der Waals surface area contributed by atoms with E-state index in [0.717, 1.165) is 39.5 Å². The van der Waals surface area contributed by atoms with Gasteiger partial charge in [0.1, 0.15) is 10.8 Å². The molecular weight excluding hydrogens is 468 g/mol. The summed E-state index contributed by atoms with van der Waals surface area (Å²) in [4.78, 5) is 22.7. The SMILES string of the molecule is O=C(O)N1CCC(n2c(C3CC3)nc3ccc(C(c4ccc(Cl)cc4)c4nccs4)cc32)CC1. The maximum Gasteiger partial charge on any atom is 0.407 e. The third-order valence-corrected chi connectivity index (χ3v) is 8.11. The molecule has 6 nitrogen and oxygen atoms in total. The fraction of sp³-hybridized carbons (Fsp3) is 0.346. The monoisotopic (exact) mass is 492 g/mol. The molecule has 3 heterocycles. The van der Waals surface area contributed by atoms with Gasteiger partial charge >= 0.3 is 6.09 Å². The maximum atomic E-state index is 11.4. The lowest BCUT2D eigenvalue weighted by molar-refractivity contribution is 0.125. The van der Waals surface area contributed by atoms with Crippen molar-refractivity contribution in [1.82, 2.24) is 19.4 Å². The Morgan fingerprint density at radius 2 is 1.79 bits per heavy atom. The van der Waals surface area contributed by atoms with Crippen LogP contribution in [0.4, 0.5) is 4.79 Å². The van der Waals surface area contributed by atoms with Gasteiger partial charge in [0, 0.05) is 41.6 Å². The molecule has 1 amide bonds. The molecule has 2 aromatic heterocycles. The summed E-state index contributed by atoms with van der Waals surface area (Å²) in [5, 5.41) is 13.2. The normalized spacial score (nSPS) is 17.9. The number of carboxylic acid groups (broad SMARTS) is 1. The average Bonchev–Trinajstić information content (AvgIpc) is 3.42. The second-order valence-corrected chi connectivity index (χ2v) is 10.6. The summed E-state index contributed by atoms with van der Waals surface area (Å²) < 4.78 is 2.43. The van der Waals surface area contributed by atoms with Crippen molar-refractivity contribution in [3.05, 3.63) is 81.0 Å². The zero-order valence-electron chi connectivity index (χ0n) is 18.6. The third kappa shape index (κ3) is 3.97. The fourth-order valence-corrected chi connectivity index (χ4v) is 6.06. The number of carbonyl (C=O) groups is 1. The lowest BCUT2D eigenvalue weighted by Gasteiger charge is -2.32. The van der Waals surface area contributed by atoms with Crippen LogP contribution in [0.3, 0.4) is 0 Å². The number of benzene rings is 2. The standard InChI is InChI=1S/C26H25ClN4O2S/c27-19-6-3-16(4-7-19)23(25-28-11-14-34-25)18-5-8-21-22(15-18)31(24(29-21)17-1-2-17)20-9-12-30(13-10-20)26(32)33/h3-8,11,14-15,17,20,23H,1-2,9-10,12-13H2,(H,32,33). The van der Waals surface area contributed by atoms with E-state index in [1.54, 1.807) is 11.3 Å². The van der Waals surface area contributed by atoms with E-state index in [2.05, 4.69) is 39.9 Å². The summed E-state index contributed by atoms with van der Waals surface area (Å²) in [5.74, 6) is 1.70. The lowest BCUT2D eigenvalue weighted by atomic mass is 9.91. The molecule has 8 heteroatoms. The predicted octanol–water partition coefficient (Wildman–Crippen LogP) is 6.52. The van der Waals surface area contributed by atoms with Crippen molar-refractivity contribution in [3.63, 3.8) is 0 Å². The molecule has 0 bridgehead atoms. The van der Waals surface area contributed by atoms with Crippen LogP contribution in [0, 0.1) is 0 Å². The molecule has 2 fully saturated rings. The van der Waals surface area contributed by atoms with E-state index in [1.807, 2.05) is 23.7 Å². The van der Waals surface area contributed by atoms with Crippen LogP contribution in [0.15, 0.2) is 54.0 Å². The number of hydrogen-bond donors (Lipinski definition) is 1. The first-order chi connectivity index (χ1) is 16.6. The van der Waals surface area contributed by atoms with Gasteiger partial charge in [0.15, 0.2) is 0 Å². The second-order valence-electron chi connectivity index (χ2n) is 9.22. The van der Waals surface area contributed by atoms with Crippen molar-refractivity contribution >= 4 is 40.1 Å². The van der Waals surface area contributed by atoms with Crippen LogP contribution >= 0.6 is 22.9 Å². The van der Waals surface area contributed by atoms with Crippen molar-refractivity contribution in [1.29, 1.82) is 0 Å². The molecule has 34 heavy (non-hydrogen) atoms. The highest BCUT2D eigenvalue weighted by atomic mass is 35.5. The van der Waals surface area contributed by atoms with Gasteiger partial charge in [-0.25, -0.2) is 14.8 Å². The van der Waals surface area contributed by atoms with Crippen molar-refractivity contribution in [3.8, 4) is 0 Å². The van der Waals surface area contributed by atoms with Gasteiger partial charge in [-0.1, -0.05) is 29.8 Å². The van der Waals surface area contributed by atoms with Crippen LogP contribution in [0.1, 0.15) is 65.5 Å². The first kappa shape index (κ1) is 21.6. The van der Waals surface area contributed by atoms with Crippen molar-refractivity contribution in [2.45, 2.75) is 43.6 Å². The number of hydrogen-bond acceptors (Lipinski definition) is 4. The van der Waals surface area contributed by atoms with E-state index in [4.69, 9.17) is 16.6 Å². The molecular formula is C26H25ClN4O2S. The highest BCUT2D eigenvalue weighted by Gasteiger charge is 2.34. The summed E-state index contributed by atoms with van der Waals surface area (Å²) in [7, 11) is 0. The molecule has 1 atom stereocenters. The van der Waals surface area contributed by atoms with E-state index in [1.165, 1.54) is 29.1 Å². The van der Waals surface area contributed by atoms with Crippen LogP contribution in [0.25, 0.3) is 11.0 Å². The Kier molecular flexibility index (Phi) is 5.54. The van der Waals surface area contributed by atoms with Gasteiger partial charge in [-0.3, -0.25) is 0 Å². The molecule has 174 valence electrons. The number of nitrogens with zero attached hydrogens (tertiary/aromatic N) is 4. The Morgan fingerprint density at radius 1 is 1.06 bits per heavy atom. The minimum absolute atomic E-state index is 0.0169. The molecule has 1 aliphatic heterocycles. The number of thiazole rings is 1. The minimum atomic E-state index is -0.826. The zero-order chi connectivity index (χ0) is 23.2. The third-order valence-electron chi connectivity index (χ3n) is 7.02. The van der Waals surface area contributed by atoms with Crippen LogP contribution in [0.2, 0.25) is 5.02 Å². The first-order valence-corrected chi connectivity index (χ1v) is 13.0. The molecule has 1 saturated carbocycles. The van der Waals surface area contributed by atoms with Crippen LogP contribution in [-0.2, 0) is 0 Å². The second kappa shape index (κ2) is 8.71. The van der Waals surface area contributed by atoms with Gasteiger partial charge in [-0.15, -0.1) is 11.3 Å². The minimum Gasteiger partial charge on any atom is -0.465 e. The molecule has 0 radical (unpaired) electrons. The number of imidazole rings is 1. The van der Waals surface area contributed by atoms with E-state index < -0.39 is 6.09 Å². The first-order valence-electron chi connectivity index (χ1n) is 11.7. The number of aromatic nitrogens is 3. The smallest absolute Gasteiger partial charge is 0.407 e. The number of halogens is 1. The molecule has 6 rings (SSSR count). The largest absolute Gasteiger partial charge is 0.465 e. The Labute approximate surface area is 206 Å². The van der Waals surface area contributed by atoms with Crippen LogP contribution in [0.5, 0.6) is 0 Å². The molecule has 2 aliphatic rings. The molecule has 1 N–H and O–H groups in total. The maximum absolute atomic E-state index is 11.4. The van der Waals surface area contributed by atoms with E-state index in [9.17, 15) is 9.90 Å². The Morgan fingerprint density at radius 3 is 2.44 bits per heavy atom. The Hall–Kier alpha value is -2.90. The topological polar surface area (TPSA) is 71.2 Å². The predicted molar refractivity (Wildman–Crippen MR) is 134 cm³/mol. The van der Waals surface area contributed by atoms with Crippen LogP contribution < -0.4 is 0 Å². The van der Waals surface area contributed by atoms with Gasteiger partial charge in [0.05, 0.1) is 17.0 Å². The Balaban J connectivity index is 1.45. The molecule has 1 aliphatic carbocycles. The van der Waals surface area contributed by atoms with Gasteiger partial charge in [0.25, 0.3) is 0 Å². The van der Waals surface area contributed by atoms with Crippen LogP contribution in [-0.4, -0.2) is 43.7 Å². The number of rotatable bonds is 5. The number of amides is 1. The zero-order valence-corrected chi connectivity index (χ0v) is 20.2. The summed E-state index contributed by atoms with van der Waals surface area (Å²) in [6.07, 6.45) is 5.01. The summed E-state index contributed by atoms with van der Waals surface area (Å²) in [5.41, 5.74) is 4.49. The quantitative estimate of drug-likeness (QED) is 0.344. The van der Waals surface area contributed by atoms with Crippen molar-refractivity contribution in [2.24, 2.45) is 0 Å². The van der Waals surface area contributed by atoms with Crippen molar-refractivity contribution in [2.75, 3.05) is 13.1 Å². The fourth-order valence-electron chi connectivity index (χ4n) is 5.15. The molecule has 1 saturated heterocycles. The summed E-state index contributed by atoms with van der Waals surface area (Å²) >= 11 is 7.83. The van der Waals surface area contributed by atoms with Gasteiger partial charge < -0.3 is 14.6 Å². The molecule has 2 aromatic carbocycles. The molecule has 4 aromatic rings. The van der Waals surface area contributed by atoms with E-state index in [-0.39, 0.29) is 12.0 Å². The van der Waals surface area contributed by atoms with E-state index in [0.29, 0.717) is 19.0 Å². The molecule has 0 spiro atoms. The van der Waals surface area contributed by atoms with Gasteiger partial charge in [-0.05, 0) is 61.1 Å². The molecule has 1 unspecified atom stereocenters. The number of likely N-dealkylation sites (tertiary alicyclic amines) is 1. The van der Waals surface area contributed by atoms with E-state index >= 15 is 0 Å².